The van der Waals surface area contributed by atoms with Crippen molar-refractivity contribution in [3.8, 4) is 0 Å². The Kier molecular flexibility index (Phi) is 9.28. The van der Waals surface area contributed by atoms with Gasteiger partial charge in [0, 0.05) is 0 Å². The maximum atomic E-state index is 12.2. The second-order valence-corrected chi connectivity index (χ2v) is 10.1. The standard InChI is InChI=1S/C16H18.C10H16.C7H7F/c1-11(2)12-7-8-14-9-13-5-3-4-6-15(13)16(14)10-12;1-4-10-7-8(2)5-6-9(10)3;1-6-3-2-4-7(8)5-6/h3-6,12H,1,7-10H2,2H3;6-8H,4-5H2,1-3H3;2-5H,1H3. The Morgan fingerprint density at radius 2 is 1.85 bits per heavy atom. The molecule has 0 bridgehead atoms. The fourth-order valence-electron chi connectivity index (χ4n) is 5.15. The molecule has 0 aromatic heterocycles. The predicted octanol–water partition coefficient (Wildman–Crippen LogP) is 9.82. The average molecular weight is 457 g/mol. The first-order valence-corrected chi connectivity index (χ1v) is 12.8. The highest BCUT2D eigenvalue weighted by atomic mass is 19.1. The Labute approximate surface area is 207 Å². The number of hydrogen-bond donors (Lipinski definition) is 0. The van der Waals surface area contributed by atoms with Gasteiger partial charge in [0.1, 0.15) is 5.82 Å². The fourth-order valence-corrected chi connectivity index (χ4v) is 5.15. The highest BCUT2D eigenvalue weighted by Crippen LogP contribution is 2.44. The van der Waals surface area contributed by atoms with E-state index in [9.17, 15) is 4.39 Å². The molecular weight excluding hydrogens is 415 g/mol. The highest BCUT2D eigenvalue weighted by molar-refractivity contribution is 5.77. The lowest BCUT2D eigenvalue weighted by atomic mass is 9.81. The van der Waals surface area contributed by atoms with E-state index in [0.717, 1.165) is 11.5 Å². The second kappa shape index (κ2) is 12.2. The van der Waals surface area contributed by atoms with E-state index in [2.05, 4.69) is 70.7 Å². The zero-order chi connectivity index (χ0) is 24.7. The molecule has 2 aromatic carbocycles. The molecule has 0 heterocycles. The Balaban J connectivity index is 0.000000155. The summed E-state index contributed by atoms with van der Waals surface area (Å²) in [6.45, 7) is 14.9. The van der Waals surface area contributed by atoms with Gasteiger partial charge in [-0.25, -0.2) is 4.39 Å². The summed E-state index contributed by atoms with van der Waals surface area (Å²) in [4.78, 5) is 0. The lowest BCUT2D eigenvalue weighted by Crippen LogP contribution is -2.08. The number of benzene rings is 2. The van der Waals surface area contributed by atoms with Crippen molar-refractivity contribution in [2.24, 2.45) is 11.8 Å². The van der Waals surface area contributed by atoms with E-state index in [-0.39, 0.29) is 5.82 Å². The van der Waals surface area contributed by atoms with E-state index in [1.54, 1.807) is 22.8 Å². The number of rotatable bonds is 2. The van der Waals surface area contributed by atoms with E-state index in [0.29, 0.717) is 5.92 Å². The van der Waals surface area contributed by atoms with Crippen LogP contribution in [0.1, 0.15) is 76.5 Å². The van der Waals surface area contributed by atoms with Gasteiger partial charge in [-0.1, -0.05) is 85.7 Å². The molecule has 0 N–H and O–H groups in total. The van der Waals surface area contributed by atoms with Crippen molar-refractivity contribution in [2.45, 2.75) is 73.1 Å². The lowest BCUT2D eigenvalue weighted by Gasteiger charge is -2.24. The number of halogens is 1. The van der Waals surface area contributed by atoms with E-state index in [4.69, 9.17) is 0 Å². The van der Waals surface area contributed by atoms with Gasteiger partial charge in [-0.3, -0.25) is 0 Å². The summed E-state index contributed by atoms with van der Waals surface area (Å²) in [5.41, 5.74) is 11.7. The second-order valence-electron chi connectivity index (χ2n) is 10.1. The van der Waals surface area contributed by atoms with Gasteiger partial charge in [-0.2, -0.15) is 0 Å². The van der Waals surface area contributed by atoms with Gasteiger partial charge < -0.3 is 0 Å². The predicted molar refractivity (Wildman–Crippen MR) is 146 cm³/mol. The van der Waals surface area contributed by atoms with E-state index in [1.807, 2.05) is 13.0 Å². The molecule has 0 spiro atoms. The van der Waals surface area contributed by atoms with Crippen LogP contribution in [0.3, 0.4) is 0 Å². The van der Waals surface area contributed by atoms with Crippen molar-refractivity contribution in [1.29, 1.82) is 0 Å². The first kappa shape index (κ1) is 25.9. The van der Waals surface area contributed by atoms with Crippen LogP contribution in [0.15, 0.2) is 89.6 Å². The molecule has 2 unspecified atom stereocenters. The molecular formula is C33H41F. The van der Waals surface area contributed by atoms with E-state index >= 15 is 0 Å². The highest BCUT2D eigenvalue weighted by Gasteiger charge is 2.27. The van der Waals surface area contributed by atoms with Gasteiger partial charge >= 0.3 is 0 Å². The lowest BCUT2D eigenvalue weighted by molar-refractivity contribution is 0.550. The Hall–Kier alpha value is -2.67. The maximum Gasteiger partial charge on any atom is 0.123 e. The molecule has 0 amide bonds. The zero-order valence-electron chi connectivity index (χ0n) is 21.8. The van der Waals surface area contributed by atoms with Crippen LogP contribution >= 0.6 is 0 Å². The largest absolute Gasteiger partial charge is 0.207 e. The van der Waals surface area contributed by atoms with Gasteiger partial charge in [0.15, 0.2) is 0 Å². The molecule has 3 aliphatic rings. The minimum absolute atomic E-state index is 0.162. The molecule has 0 aliphatic heterocycles. The molecule has 0 radical (unpaired) electrons. The summed E-state index contributed by atoms with van der Waals surface area (Å²) >= 11 is 0. The first-order valence-electron chi connectivity index (χ1n) is 12.8. The molecule has 180 valence electrons. The van der Waals surface area contributed by atoms with E-state index < -0.39 is 0 Å². The zero-order valence-corrected chi connectivity index (χ0v) is 21.8. The van der Waals surface area contributed by atoms with E-state index in [1.165, 1.54) is 72.9 Å². The van der Waals surface area contributed by atoms with Crippen molar-refractivity contribution in [1.82, 2.24) is 0 Å². The van der Waals surface area contributed by atoms with Crippen molar-refractivity contribution in [2.75, 3.05) is 0 Å². The van der Waals surface area contributed by atoms with Crippen LogP contribution in [0, 0.1) is 24.6 Å². The van der Waals surface area contributed by atoms with Crippen molar-refractivity contribution < 1.29 is 4.39 Å². The summed E-state index contributed by atoms with van der Waals surface area (Å²) in [6.07, 6.45) is 12.2. The molecule has 3 aliphatic carbocycles. The smallest absolute Gasteiger partial charge is 0.123 e. The third kappa shape index (κ3) is 6.92. The summed E-state index contributed by atoms with van der Waals surface area (Å²) in [6, 6.07) is 15.4. The van der Waals surface area contributed by atoms with Gasteiger partial charge in [0.05, 0.1) is 0 Å². The van der Waals surface area contributed by atoms with Crippen molar-refractivity contribution in [3.05, 3.63) is 112 Å². The molecule has 34 heavy (non-hydrogen) atoms. The van der Waals surface area contributed by atoms with Crippen molar-refractivity contribution in [3.63, 3.8) is 0 Å². The third-order valence-electron chi connectivity index (χ3n) is 7.26. The number of hydrogen-bond acceptors (Lipinski definition) is 0. The quantitative estimate of drug-likeness (QED) is 0.394. The van der Waals surface area contributed by atoms with Crippen LogP contribution in [-0.2, 0) is 6.42 Å². The molecule has 2 atom stereocenters. The van der Waals surface area contributed by atoms with Crippen molar-refractivity contribution >= 4 is 5.57 Å². The fraction of sp³-hybridized carbons (Fsp3) is 0.394. The summed E-state index contributed by atoms with van der Waals surface area (Å²) < 4.78 is 12.2. The summed E-state index contributed by atoms with van der Waals surface area (Å²) in [5, 5.41) is 0. The Bertz CT molecular complexity index is 1080. The average Bonchev–Trinajstić information content (AvgIpc) is 3.19. The molecule has 0 saturated heterocycles. The number of allylic oxidation sites excluding steroid dienone is 7. The van der Waals surface area contributed by atoms with Crippen LogP contribution < -0.4 is 0 Å². The van der Waals surface area contributed by atoms with Crippen LogP contribution in [0.4, 0.5) is 4.39 Å². The molecule has 5 rings (SSSR count). The summed E-state index contributed by atoms with van der Waals surface area (Å²) in [5.74, 6) is 1.31. The monoisotopic (exact) mass is 456 g/mol. The third-order valence-corrected chi connectivity index (χ3v) is 7.26. The van der Waals surface area contributed by atoms with Gasteiger partial charge in [0.25, 0.3) is 0 Å². The molecule has 0 saturated carbocycles. The van der Waals surface area contributed by atoms with Crippen LogP contribution in [0.2, 0.25) is 0 Å². The summed E-state index contributed by atoms with van der Waals surface area (Å²) in [7, 11) is 0. The molecule has 0 nitrogen and oxygen atoms in total. The van der Waals surface area contributed by atoms with Crippen LogP contribution in [0.5, 0.6) is 0 Å². The van der Waals surface area contributed by atoms with Gasteiger partial charge in [0.2, 0.25) is 0 Å². The molecule has 0 fully saturated rings. The topological polar surface area (TPSA) is 0 Å². The number of fused-ring (bicyclic) bond motifs is 2. The normalized spacial score (nSPS) is 20.5. The van der Waals surface area contributed by atoms with Crippen LogP contribution in [0.25, 0.3) is 5.57 Å². The minimum Gasteiger partial charge on any atom is -0.207 e. The maximum absolute atomic E-state index is 12.2. The Morgan fingerprint density at radius 1 is 1.09 bits per heavy atom. The molecule has 2 aromatic rings. The SMILES string of the molecule is C=C(C)C1CCC2=C(C1)c1ccccc1C2.CCC1=CC(C)CC=C1C.Cc1cccc(F)c1. The minimum atomic E-state index is -0.162. The Morgan fingerprint density at radius 3 is 2.47 bits per heavy atom. The van der Waals surface area contributed by atoms with Gasteiger partial charge in [-0.15, -0.1) is 0 Å². The molecule has 1 heteroatoms. The van der Waals surface area contributed by atoms with Gasteiger partial charge in [-0.05, 0) is 111 Å². The number of aryl methyl sites for hydroxylation is 1. The van der Waals surface area contributed by atoms with Crippen LogP contribution in [-0.4, -0.2) is 0 Å². The first-order chi connectivity index (χ1) is 16.3.